The fraction of sp³-hybridized carbons (Fsp3) is 0.455. The molecule has 1 saturated carbocycles. The number of unbranched alkanes of at least 4 members (excludes halogenated alkanes) is 1. The van der Waals surface area contributed by atoms with Crippen LogP contribution in [0.5, 0.6) is 0 Å². The number of halogens is 1. The van der Waals surface area contributed by atoms with Crippen LogP contribution in [0.15, 0.2) is 42.6 Å². The maximum absolute atomic E-state index is 13.1. The van der Waals surface area contributed by atoms with Crippen LogP contribution in [0.2, 0.25) is 5.02 Å². The second kappa shape index (κ2) is 9.28. The number of carbonyl (C=O) groups is 2. The van der Waals surface area contributed by atoms with Gasteiger partial charge in [-0.3, -0.25) is 9.59 Å². The summed E-state index contributed by atoms with van der Waals surface area (Å²) in [6, 6.07) is 11.2. The molecular formula is C22H28ClN3O2. The van der Waals surface area contributed by atoms with Gasteiger partial charge in [-0.1, -0.05) is 31.0 Å². The predicted octanol–water partition coefficient (Wildman–Crippen LogP) is 4.11. The highest BCUT2D eigenvalue weighted by molar-refractivity contribution is 6.30. The summed E-state index contributed by atoms with van der Waals surface area (Å²) in [6.07, 6.45) is 5.88. The molecule has 3 rings (SSSR count). The Bertz CT molecular complexity index is 829. The molecule has 0 N–H and O–H groups in total. The predicted molar refractivity (Wildman–Crippen MR) is 111 cm³/mol. The molecule has 2 aromatic rings. The number of hydrogen-bond acceptors (Lipinski definition) is 2. The molecule has 0 unspecified atom stereocenters. The van der Waals surface area contributed by atoms with E-state index in [0.717, 1.165) is 31.4 Å². The topological polar surface area (TPSA) is 45.6 Å². The number of benzene rings is 1. The van der Waals surface area contributed by atoms with Gasteiger partial charge in [0.1, 0.15) is 6.54 Å². The van der Waals surface area contributed by atoms with Gasteiger partial charge >= 0.3 is 0 Å². The van der Waals surface area contributed by atoms with E-state index in [0.29, 0.717) is 23.7 Å². The Hall–Kier alpha value is -2.27. The Morgan fingerprint density at radius 3 is 2.61 bits per heavy atom. The molecule has 5 nitrogen and oxygen atoms in total. The number of aromatic nitrogens is 1. The molecule has 1 fully saturated rings. The lowest BCUT2D eigenvalue weighted by Gasteiger charge is -2.28. The number of carbonyl (C=O) groups excluding carboxylic acids is 2. The minimum Gasteiger partial charge on any atom is -0.353 e. The molecule has 1 aliphatic carbocycles. The molecule has 1 aromatic carbocycles. The zero-order chi connectivity index (χ0) is 20.1. The molecule has 150 valence electrons. The Labute approximate surface area is 171 Å². The normalized spacial score (nSPS) is 13.4. The van der Waals surface area contributed by atoms with E-state index < -0.39 is 0 Å². The molecule has 1 aromatic heterocycles. The number of nitrogens with zero attached hydrogens (tertiary/aromatic N) is 3. The zero-order valence-electron chi connectivity index (χ0n) is 16.6. The fourth-order valence-electron chi connectivity index (χ4n) is 3.30. The van der Waals surface area contributed by atoms with Crippen molar-refractivity contribution in [3.8, 4) is 0 Å². The van der Waals surface area contributed by atoms with Gasteiger partial charge < -0.3 is 14.4 Å². The van der Waals surface area contributed by atoms with E-state index in [4.69, 9.17) is 11.6 Å². The summed E-state index contributed by atoms with van der Waals surface area (Å²) in [7, 11) is 1.99. The van der Waals surface area contributed by atoms with Gasteiger partial charge in [0.25, 0.3) is 5.91 Å². The molecule has 28 heavy (non-hydrogen) atoms. The lowest BCUT2D eigenvalue weighted by molar-refractivity contribution is -0.133. The minimum absolute atomic E-state index is 0.00943. The molecule has 6 heteroatoms. The summed E-state index contributed by atoms with van der Waals surface area (Å²) in [6.45, 7) is 3.33. The van der Waals surface area contributed by atoms with Crippen molar-refractivity contribution in [3.05, 3.63) is 58.9 Å². The van der Waals surface area contributed by atoms with E-state index in [2.05, 4.69) is 6.92 Å². The van der Waals surface area contributed by atoms with Crippen LogP contribution in [0.1, 0.15) is 48.7 Å². The lowest BCUT2D eigenvalue weighted by atomic mass is 10.2. The standard InChI is InChI=1S/C22H28ClN3O2/c1-3-4-13-25(22(28)17-7-5-8-18(23)14-17)16-21(27)26(19-10-11-19)15-20-9-6-12-24(20)2/h5-9,12,14,19H,3-4,10-11,13,15-16H2,1-2H3. The van der Waals surface area contributed by atoms with Crippen molar-refractivity contribution >= 4 is 23.4 Å². The highest BCUT2D eigenvalue weighted by atomic mass is 35.5. The van der Waals surface area contributed by atoms with Crippen molar-refractivity contribution < 1.29 is 9.59 Å². The number of amides is 2. The van der Waals surface area contributed by atoms with E-state index in [9.17, 15) is 9.59 Å². The minimum atomic E-state index is -0.140. The van der Waals surface area contributed by atoms with Gasteiger partial charge in [-0.2, -0.15) is 0 Å². The van der Waals surface area contributed by atoms with Gasteiger partial charge in [0, 0.05) is 42.1 Å². The maximum Gasteiger partial charge on any atom is 0.254 e. The third kappa shape index (κ3) is 5.16. The zero-order valence-corrected chi connectivity index (χ0v) is 17.4. The van der Waals surface area contributed by atoms with Crippen LogP contribution in [0, 0.1) is 0 Å². The maximum atomic E-state index is 13.1. The van der Waals surface area contributed by atoms with Crippen molar-refractivity contribution in [2.45, 2.75) is 45.2 Å². The van der Waals surface area contributed by atoms with Gasteiger partial charge in [0.15, 0.2) is 0 Å². The molecule has 0 bridgehead atoms. The smallest absolute Gasteiger partial charge is 0.254 e. The largest absolute Gasteiger partial charge is 0.353 e. The van der Waals surface area contributed by atoms with Crippen molar-refractivity contribution in [2.24, 2.45) is 7.05 Å². The summed E-state index contributed by atoms with van der Waals surface area (Å²) < 4.78 is 2.04. The van der Waals surface area contributed by atoms with Crippen LogP contribution in [-0.2, 0) is 18.4 Å². The molecule has 0 radical (unpaired) electrons. The average Bonchev–Trinajstić information content (AvgIpc) is 3.44. The van der Waals surface area contributed by atoms with Crippen LogP contribution >= 0.6 is 11.6 Å². The highest BCUT2D eigenvalue weighted by Crippen LogP contribution is 2.28. The van der Waals surface area contributed by atoms with Gasteiger partial charge in [0.05, 0.1) is 6.54 Å². The second-order valence-corrected chi connectivity index (χ2v) is 7.89. The summed E-state index contributed by atoms with van der Waals surface area (Å²) in [5, 5.41) is 0.524. The van der Waals surface area contributed by atoms with E-state index in [1.54, 1.807) is 29.2 Å². The monoisotopic (exact) mass is 401 g/mol. The van der Waals surface area contributed by atoms with E-state index in [1.807, 2.05) is 34.8 Å². The van der Waals surface area contributed by atoms with Gasteiger partial charge in [-0.25, -0.2) is 0 Å². The first-order valence-electron chi connectivity index (χ1n) is 9.94. The molecule has 0 saturated heterocycles. The lowest BCUT2D eigenvalue weighted by Crippen LogP contribution is -2.44. The summed E-state index contributed by atoms with van der Waals surface area (Å²) in [5.41, 5.74) is 1.62. The van der Waals surface area contributed by atoms with Crippen LogP contribution in [-0.4, -0.2) is 45.3 Å². The second-order valence-electron chi connectivity index (χ2n) is 7.45. The number of rotatable bonds is 9. The average molecular weight is 402 g/mol. The first-order chi connectivity index (χ1) is 13.5. The third-order valence-corrected chi connectivity index (χ3v) is 5.39. The third-order valence-electron chi connectivity index (χ3n) is 5.16. The van der Waals surface area contributed by atoms with Crippen molar-refractivity contribution in [1.82, 2.24) is 14.4 Å². The molecule has 0 spiro atoms. The van der Waals surface area contributed by atoms with Crippen molar-refractivity contribution in [2.75, 3.05) is 13.1 Å². The van der Waals surface area contributed by atoms with Crippen LogP contribution in [0.4, 0.5) is 0 Å². The van der Waals surface area contributed by atoms with Gasteiger partial charge in [-0.05, 0) is 49.6 Å². The van der Waals surface area contributed by atoms with Crippen molar-refractivity contribution in [1.29, 1.82) is 0 Å². The van der Waals surface area contributed by atoms with Gasteiger partial charge in [-0.15, -0.1) is 0 Å². The Kier molecular flexibility index (Phi) is 6.79. The van der Waals surface area contributed by atoms with E-state index in [1.165, 1.54) is 0 Å². The van der Waals surface area contributed by atoms with E-state index in [-0.39, 0.29) is 24.4 Å². The molecule has 1 aliphatic rings. The first kappa shape index (κ1) is 20.5. The molecule has 1 heterocycles. The molecule has 0 atom stereocenters. The van der Waals surface area contributed by atoms with E-state index >= 15 is 0 Å². The Morgan fingerprint density at radius 2 is 2.00 bits per heavy atom. The fourth-order valence-corrected chi connectivity index (χ4v) is 3.49. The number of aryl methyl sites for hydroxylation is 1. The van der Waals surface area contributed by atoms with Gasteiger partial charge in [0.2, 0.25) is 5.91 Å². The molecule has 2 amide bonds. The van der Waals surface area contributed by atoms with Crippen molar-refractivity contribution in [3.63, 3.8) is 0 Å². The summed E-state index contributed by atoms with van der Waals surface area (Å²) >= 11 is 6.05. The van der Waals surface area contributed by atoms with Crippen LogP contribution in [0.25, 0.3) is 0 Å². The van der Waals surface area contributed by atoms with Crippen LogP contribution < -0.4 is 0 Å². The SMILES string of the molecule is CCCCN(CC(=O)N(Cc1cccn1C)C1CC1)C(=O)c1cccc(Cl)c1. The number of hydrogen-bond donors (Lipinski definition) is 0. The quantitative estimate of drug-likeness (QED) is 0.634. The Balaban J connectivity index is 1.73. The molecule has 0 aliphatic heterocycles. The summed E-state index contributed by atoms with van der Waals surface area (Å²) in [5.74, 6) is -0.130. The molecular weight excluding hydrogens is 374 g/mol. The Morgan fingerprint density at radius 1 is 1.21 bits per heavy atom. The summed E-state index contributed by atoms with van der Waals surface area (Å²) in [4.78, 5) is 29.7. The first-order valence-corrected chi connectivity index (χ1v) is 10.3. The highest BCUT2D eigenvalue weighted by Gasteiger charge is 2.34. The van der Waals surface area contributed by atoms with Crippen LogP contribution in [0.3, 0.4) is 0 Å².